The van der Waals surface area contributed by atoms with Gasteiger partial charge in [0.05, 0.1) is 16.3 Å². The molecule has 0 spiro atoms. The highest BCUT2D eigenvalue weighted by Gasteiger charge is 2.06. The number of aromatic nitrogens is 1. The van der Waals surface area contributed by atoms with Crippen molar-refractivity contribution in [1.82, 2.24) is 4.98 Å². The zero-order valence-electron chi connectivity index (χ0n) is 7.84. The number of anilines is 1. The minimum Gasteiger partial charge on any atom is -0.368 e. The summed E-state index contributed by atoms with van der Waals surface area (Å²) < 4.78 is 0. The number of halogens is 1. The van der Waals surface area contributed by atoms with Crippen LogP contribution in [0.2, 0.25) is 5.02 Å². The van der Waals surface area contributed by atoms with Gasteiger partial charge in [-0.2, -0.15) is 5.26 Å². The van der Waals surface area contributed by atoms with Crippen LogP contribution in [-0.4, -0.2) is 18.1 Å². The molecule has 0 fully saturated rings. The lowest BCUT2D eigenvalue weighted by Gasteiger charge is -2.07. The fourth-order valence-electron chi connectivity index (χ4n) is 1.01. The second-order valence-electron chi connectivity index (χ2n) is 2.78. The number of hydrogen-bond acceptors (Lipinski definition) is 4. The summed E-state index contributed by atoms with van der Waals surface area (Å²) in [6.45, 7) is 2.89. The molecule has 0 aliphatic rings. The van der Waals surface area contributed by atoms with Crippen molar-refractivity contribution in [3.05, 3.63) is 22.3 Å². The molecule has 0 bridgehead atoms. The smallest absolute Gasteiger partial charge is 0.145 e. The summed E-state index contributed by atoms with van der Waals surface area (Å²) in [5, 5.41) is 12.1. The third kappa shape index (κ3) is 2.34. The first-order valence-corrected chi connectivity index (χ1v) is 4.58. The van der Waals surface area contributed by atoms with Gasteiger partial charge in [0.1, 0.15) is 11.9 Å². The summed E-state index contributed by atoms with van der Waals surface area (Å²) in [4.78, 5) is 4.16. The summed E-state index contributed by atoms with van der Waals surface area (Å²) in [7, 11) is 0. The van der Waals surface area contributed by atoms with Crippen molar-refractivity contribution in [2.45, 2.75) is 6.92 Å². The van der Waals surface area contributed by atoms with E-state index in [-0.39, 0.29) is 0 Å². The largest absolute Gasteiger partial charge is 0.368 e. The van der Waals surface area contributed by atoms with Gasteiger partial charge in [-0.1, -0.05) is 11.6 Å². The van der Waals surface area contributed by atoms with Crippen LogP contribution in [0.5, 0.6) is 0 Å². The molecule has 1 rings (SSSR count). The number of nitriles is 1. The minimum absolute atomic E-state index is 0.445. The molecule has 0 radical (unpaired) electrons. The van der Waals surface area contributed by atoms with Crippen LogP contribution in [0.15, 0.2) is 6.07 Å². The second kappa shape index (κ2) is 4.80. The summed E-state index contributed by atoms with van der Waals surface area (Å²) in [5.74, 6) is 0.577. The Morgan fingerprint density at radius 2 is 2.43 bits per heavy atom. The van der Waals surface area contributed by atoms with Crippen LogP contribution in [0.3, 0.4) is 0 Å². The topological polar surface area (TPSA) is 74.7 Å². The number of hydrogen-bond donors (Lipinski definition) is 2. The highest BCUT2D eigenvalue weighted by Crippen LogP contribution is 2.21. The van der Waals surface area contributed by atoms with Gasteiger partial charge in [-0.15, -0.1) is 0 Å². The summed E-state index contributed by atoms with van der Waals surface area (Å²) in [5.41, 5.74) is 6.49. The van der Waals surface area contributed by atoms with Gasteiger partial charge in [-0.05, 0) is 13.0 Å². The van der Waals surface area contributed by atoms with E-state index >= 15 is 0 Å². The van der Waals surface area contributed by atoms with Gasteiger partial charge >= 0.3 is 0 Å². The molecule has 1 heterocycles. The highest BCUT2D eigenvalue weighted by molar-refractivity contribution is 6.33. The van der Waals surface area contributed by atoms with E-state index in [1.165, 1.54) is 0 Å². The van der Waals surface area contributed by atoms with Gasteiger partial charge in [-0.3, -0.25) is 0 Å². The third-order valence-electron chi connectivity index (χ3n) is 1.72. The monoisotopic (exact) mass is 210 g/mol. The number of aryl methyl sites for hydroxylation is 1. The number of nitrogens with two attached hydrogens (primary N) is 1. The Kier molecular flexibility index (Phi) is 3.69. The first-order chi connectivity index (χ1) is 6.69. The molecule has 0 saturated carbocycles. The molecular formula is C9H11ClN4. The molecule has 0 amide bonds. The Morgan fingerprint density at radius 1 is 1.71 bits per heavy atom. The zero-order valence-corrected chi connectivity index (χ0v) is 8.60. The van der Waals surface area contributed by atoms with Gasteiger partial charge in [0.25, 0.3) is 0 Å². The Hall–Kier alpha value is -1.31. The first-order valence-electron chi connectivity index (χ1n) is 4.20. The molecule has 0 aliphatic heterocycles. The van der Waals surface area contributed by atoms with Crippen molar-refractivity contribution < 1.29 is 0 Å². The Balaban J connectivity index is 2.98. The molecule has 1 aromatic rings. The maximum Gasteiger partial charge on any atom is 0.145 e. The van der Waals surface area contributed by atoms with E-state index in [1.807, 2.05) is 6.07 Å². The molecule has 0 aliphatic carbocycles. The fourth-order valence-corrected chi connectivity index (χ4v) is 1.23. The van der Waals surface area contributed by atoms with E-state index in [2.05, 4.69) is 10.3 Å². The number of pyridine rings is 1. The molecule has 0 saturated heterocycles. The fraction of sp³-hybridized carbons (Fsp3) is 0.333. The van der Waals surface area contributed by atoms with Crippen LogP contribution in [0, 0.1) is 18.3 Å². The second-order valence-corrected chi connectivity index (χ2v) is 3.19. The van der Waals surface area contributed by atoms with E-state index in [9.17, 15) is 0 Å². The van der Waals surface area contributed by atoms with Gasteiger partial charge in [0.15, 0.2) is 0 Å². The van der Waals surface area contributed by atoms with E-state index in [0.717, 1.165) is 0 Å². The maximum atomic E-state index is 8.72. The zero-order chi connectivity index (χ0) is 10.6. The molecule has 1 aromatic heterocycles. The van der Waals surface area contributed by atoms with Gasteiger partial charge in [0, 0.05) is 13.1 Å². The van der Waals surface area contributed by atoms with Crippen LogP contribution in [0.25, 0.3) is 0 Å². The van der Waals surface area contributed by atoms with Crippen molar-refractivity contribution in [1.29, 1.82) is 5.26 Å². The SMILES string of the molecule is Cc1nc(NCCN)c(Cl)cc1C#N. The Labute approximate surface area is 87.7 Å². The predicted octanol–water partition coefficient (Wildman–Crippen LogP) is 1.29. The lowest BCUT2D eigenvalue weighted by molar-refractivity contribution is 1.00. The van der Waals surface area contributed by atoms with E-state index in [0.29, 0.717) is 35.2 Å². The molecule has 74 valence electrons. The van der Waals surface area contributed by atoms with Gasteiger partial charge < -0.3 is 11.1 Å². The quantitative estimate of drug-likeness (QED) is 0.788. The van der Waals surface area contributed by atoms with Gasteiger partial charge in [0.2, 0.25) is 0 Å². The standard InChI is InChI=1S/C9H11ClN4/c1-6-7(5-12)4-8(10)9(14-6)13-3-2-11/h4H,2-3,11H2,1H3,(H,13,14). The van der Waals surface area contributed by atoms with Crippen molar-refractivity contribution >= 4 is 17.4 Å². The molecular weight excluding hydrogens is 200 g/mol. The molecule has 0 atom stereocenters. The van der Waals surface area contributed by atoms with Crippen LogP contribution < -0.4 is 11.1 Å². The molecule has 5 heteroatoms. The first kappa shape index (κ1) is 10.8. The van der Waals surface area contributed by atoms with Crippen LogP contribution in [0.4, 0.5) is 5.82 Å². The Morgan fingerprint density at radius 3 is 3.00 bits per heavy atom. The third-order valence-corrected chi connectivity index (χ3v) is 2.01. The Bertz CT molecular complexity index is 370. The van der Waals surface area contributed by atoms with Crippen LogP contribution in [-0.2, 0) is 0 Å². The number of nitrogens with one attached hydrogen (secondary N) is 1. The number of nitrogens with zero attached hydrogens (tertiary/aromatic N) is 2. The average molecular weight is 211 g/mol. The van der Waals surface area contributed by atoms with Crippen molar-refractivity contribution in [2.75, 3.05) is 18.4 Å². The highest BCUT2D eigenvalue weighted by atomic mass is 35.5. The van der Waals surface area contributed by atoms with Crippen molar-refractivity contribution in [2.24, 2.45) is 5.73 Å². The van der Waals surface area contributed by atoms with Crippen LogP contribution >= 0.6 is 11.6 Å². The molecule has 3 N–H and O–H groups in total. The maximum absolute atomic E-state index is 8.72. The molecule has 0 aromatic carbocycles. The minimum atomic E-state index is 0.445. The van der Waals surface area contributed by atoms with Gasteiger partial charge in [-0.25, -0.2) is 4.98 Å². The summed E-state index contributed by atoms with van der Waals surface area (Å²) >= 11 is 5.90. The summed E-state index contributed by atoms with van der Waals surface area (Å²) in [6, 6.07) is 3.62. The molecule has 4 nitrogen and oxygen atoms in total. The van der Waals surface area contributed by atoms with Crippen LogP contribution in [0.1, 0.15) is 11.3 Å². The van der Waals surface area contributed by atoms with E-state index in [4.69, 9.17) is 22.6 Å². The molecule has 0 unspecified atom stereocenters. The van der Waals surface area contributed by atoms with E-state index in [1.54, 1.807) is 13.0 Å². The normalized spacial score (nSPS) is 9.57. The average Bonchev–Trinajstić information content (AvgIpc) is 2.18. The molecule has 14 heavy (non-hydrogen) atoms. The predicted molar refractivity (Wildman–Crippen MR) is 56.2 cm³/mol. The lowest BCUT2D eigenvalue weighted by Crippen LogP contribution is -2.14. The number of rotatable bonds is 3. The van der Waals surface area contributed by atoms with Crippen molar-refractivity contribution in [3.8, 4) is 6.07 Å². The lowest BCUT2D eigenvalue weighted by atomic mass is 10.2. The summed E-state index contributed by atoms with van der Waals surface area (Å²) in [6.07, 6.45) is 0. The van der Waals surface area contributed by atoms with Crippen molar-refractivity contribution in [3.63, 3.8) is 0 Å². The van der Waals surface area contributed by atoms with E-state index < -0.39 is 0 Å².